The van der Waals surface area contributed by atoms with Crippen LogP contribution >= 0.6 is 23.1 Å². The predicted octanol–water partition coefficient (Wildman–Crippen LogP) is 4.59. The van der Waals surface area contributed by atoms with Gasteiger partial charge in [0.25, 0.3) is 0 Å². The number of carbonyl (C=O) groups is 1. The second-order valence-corrected chi connectivity index (χ2v) is 8.50. The summed E-state index contributed by atoms with van der Waals surface area (Å²) < 4.78 is 7.06. The van der Waals surface area contributed by atoms with Crippen molar-refractivity contribution in [3.05, 3.63) is 77.7 Å². The van der Waals surface area contributed by atoms with E-state index in [9.17, 15) is 4.79 Å². The summed E-state index contributed by atoms with van der Waals surface area (Å²) in [7, 11) is 0. The maximum atomic E-state index is 13.3. The zero-order valence-corrected chi connectivity index (χ0v) is 18.4. The fourth-order valence-corrected chi connectivity index (χ4v) is 4.65. The Hall–Kier alpha value is -3.30. The van der Waals surface area contributed by atoms with Crippen molar-refractivity contribution in [2.75, 3.05) is 17.8 Å². The number of hydrogen-bond acceptors (Lipinski definition) is 7. The van der Waals surface area contributed by atoms with Crippen LogP contribution in [0.3, 0.4) is 0 Å². The van der Waals surface area contributed by atoms with E-state index in [1.165, 1.54) is 27.8 Å². The summed E-state index contributed by atoms with van der Waals surface area (Å²) in [5.41, 5.74) is 1.45. The average molecular weight is 452 g/mol. The number of para-hydroxylation sites is 2. The molecule has 1 amide bonds. The van der Waals surface area contributed by atoms with Crippen molar-refractivity contribution in [1.29, 1.82) is 0 Å². The molecule has 0 aliphatic carbocycles. The van der Waals surface area contributed by atoms with Gasteiger partial charge >= 0.3 is 0 Å². The van der Waals surface area contributed by atoms with Crippen LogP contribution < -0.4 is 15.9 Å². The number of hydrogen-bond donors (Lipinski definition) is 2. The smallest absolute Gasteiger partial charge is 0.242 e. The molecule has 3 N–H and O–H groups in total. The van der Waals surface area contributed by atoms with Crippen molar-refractivity contribution < 1.29 is 9.53 Å². The van der Waals surface area contributed by atoms with Gasteiger partial charge in [-0.15, -0.1) is 21.5 Å². The van der Waals surface area contributed by atoms with E-state index < -0.39 is 5.25 Å². The molecular weight excluding hydrogens is 430 g/mol. The maximum absolute atomic E-state index is 13.3. The van der Waals surface area contributed by atoms with Crippen LogP contribution in [0.2, 0.25) is 0 Å². The van der Waals surface area contributed by atoms with Crippen LogP contribution in [-0.2, 0) is 4.79 Å². The molecule has 7 nitrogen and oxygen atoms in total. The van der Waals surface area contributed by atoms with Crippen LogP contribution in [0.5, 0.6) is 5.75 Å². The highest BCUT2D eigenvalue weighted by atomic mass is 32.2. The lowest BCUT2D eigenvalue weighted by Crippen LogP contribution is -2.21. The maximum Gasteiger partial charge on any atom is 0.242 e. The highest BCUT2D eigenvalue weighted by Gasteiger charge is 2.26. The van der Waals surface area contributed by atoms with Crippen LogP contribution in [-0.4, -0.2) is 27.4 Å². The summed E-state index contributed by atoms with van der Waals surface area (Å²) in [6.07, 6.45) is 0. The van der Waals surface area contributed by atoms with Crippen LogP contribution in [0, 0.1) is 0 Å². The van der Waals surface area contributed by atoms with Gasteiger partial charge in [-0.05, 0) is 36.1 Å². The van der Waals surface area contributed by atoms with Crippen molar-refractivity contribution >= 4 is 34.7 Å². The molecule has 9 heteroatoms. The number of ether oxygens (including phenoxy) is 1. The van der Waals surface area contributed by atoms with E-state index in [4.69, 9.17) is 10.6 Å². The Balaban J connectivity index is 1.63. The summed E-state index contributed by atoms with van der Waals surface area (Å²) >= 11 is 2.78. The third kappa shape index (κ3) is 4.73. The van der Waals surface area contributed by atoms with Crippen molar-refractivity contribution in [2.24, 2.45) is 0 Å². The molecule has 0 radical (unpaired) electrons. The number of nitrogen functional groups attached to an aromatic ring is 1. The fraction of sp³-hybridized carbons (Fsp3) is 0.136. The molecule has 0 fully saturated rings. The highest BCUT2D eigenvalue weighted by molar-refractivity contribution is 8.00. The Morgan fingerprint density at radius 2 is 1.90 bits per heavy atom. The van der Waals surface area contributed by atoms with Crippen molar-refractivity contribution in [3.63, 3.8) is 0 Å². The van der Waals surface area contributed by atoms with E-state index in [-0.39, 0.29) is 5.91 Å². The minimum atomic E-state index is -0.585. The molecule has 2 aromatic heterocycles. The first-order valence-electron chi connectivity index (χ1n) is 9.66. The molecule has 4 aromatic rings. The molecular formula is C22H21N5O2S2. The summed E-state index contributed by atoms with van der Waals surface area (Å²) in [5, 5.41) is 13.2. The van der Waals surface area contributed by atoms with Gasteiger partial charge in [0.1, 0.15) is 11.0 Å². The number of nitrogens with zero attached hydrogens (tertiary/aromatic N) is 3. The Morgan fingerprint density at radius 3 is 2.65 bits per heavy atom. The second-order valence-electron chi connectivity index (χ2n) is 6.48. The average Bonchev–Trinajstić information content (AvgIpc) is 3.44. The van der Waals surface area contributed by atoms with Gasteiger partial charge in [0.05, 0.1) is 17.2 Å². The van der Waals surface area contributed by atoms with Crippen molar-refractivity contribution in [2.45, 2.75) is 17.3 Å². The van der Waals surface area contributed by atoms with Gasteiger partial charge in [0.15, 0.2) is 5.82 Å². The number of amides is 1. The van der Waals surface area contributed by atoms with Crippen LogP contribution in [0.15, 0.2) is 77.3 Å². The quantitative estimate of drug-likeness (QED) is 0.300. The molecule has 0 aliphatic rings. The first kappa shape index (κ1) is 21.0. The number of nitrogens with one attached hydrogen (secondary N) is 1. The molecule has 0 spiro atoms. The number of anilines is 1. The lowest BCUT2D eigenvalue weighted by atomic mass is 10.1. The standard InChI is InChI=1S/C22H21N5O2S2/c1-2-29-17-12-7-6-11-16(17)24-21(28)19(15-9-4-3-5-10-15)31-22-26-25-20(27(22)23)18-13-8-14-30-18/h3-14,19H,2,23H2,1H3,(H,24,28)/t19-/m1/s1. The summed E-state index contributed by atoms with van der Waals surface area (Å²) in [4.78, 5) is 14.2. The lowest BCUT2D eigenvalue weighted by Gasteiger charge is -2.18. The Kier molecular flexibility index (Phi) is 6.54. The molecule has 4 rings (SSSR count). The molecule has 1 atom stereocenters. The molecule has 0 saturated heterocycles. The number of nitrogens with two attached hydrogens (primary N) is 1. The zero-order chi connectivity index (χ0) is 21.6. The van der Waals surface area contributed by atoms with Crippen LogP contribution in [0.25, 0.3) is 10.7 Å². The molecule has 0 saturated carbocycles. The van der Waals surface area contributed by atoms with E-state index in [0.29, 0.717) is 29.0 Å². The number of rotatable bonds is 8. The number of carbonyl (C=O) groups excluding carboxylic acids is 1. The molecule has 2 aromatic carbocycles. The molecule has 0 unspecified atom stereocenters. The van der Waals surface area contributed by atoms with E-state index in [2.05, 4.69) is 15.5 Å². The minimum absolute atomic E-state index is 0.205. The minimum Gasteiger partial charge on any atom is -0.492 e. The normalized spacial score (nSPS) is 11.8. The second kappa shape index (κ2) is 9.67. The van der Waals surface area contributed by atoms with E-state index >= 15 is 0 Å². The highest BCUT2D eigenvalue weighted by Crippen LogP contribution is 2.37. The van der Waals surface area contributed by atoms with Gasteiger partial charge in [-0.2, -0.15) is 0 Å². The van der Waals surface area contributed by atoms with Crippen LogP contribution in [0.4, 0.5) is 5.69 Å². The fourth-order valence-electron chi connectivity index (χ4n) is 2.99. The lowest BCUT2D eigenvalue weighted by molar-refractivity contribution is -0.115. The van der Waals surface area contributed by atoms with Gasteiger partial charge in [-0.3, -0.25) is 4.79 Å². The van der Waals surface area contributed by atoms with Gasteiger partial charge in [-0.1, -0.05) is 60.3 Å². The largest absolute Gasteiger partial charge is 0.492 e. The Morgan fingerprint density at radius 1 is 1.13 bits per heavy atom. The molecule has 0 aliphatic heterocycles. The van der Waals surface area contributed by atoms with Crippen LogP contribution in [0.1, 0.15) is 17.7 Å². The SMILES string of the molecule is CCOc1ccccc1NC(=O)[C@H](Sc1nnc(-c2cccs2)n1N)c1ccccc1. The molecule has 158 valence electrons. The topological polar surface area (TPSA) is 95.1 Å². The van der Waals surface area contributed by atoms with E-state index in [0.717, 1.165) is 10.4 Å². The number of thioether (sulfide) groups is 1. The van der Waals surface area contributed by atoms with Crippen molar-refractivity contribution in [1.82, 2.24) is 14.9 Å². The first-order valence-corrected chi connectivity index (χ1v) is 11.4. The van der Waals surface area contributed by atoms with E-state index in [1.807, 2.05) is 79.0 Å². The third-order valence-electron chi connectivity index (χ3n) is 4.41. The summed E-state index contributed by atoms with van der Waals surface area (Å²) in [6, 6.07) is 20.7. The molecule has 2 heterocycles. The number of thiophene rings is 1. The van der Waals surface area contributed by atoms with Gasteiger partial charge in [0, 0.05) is 0 Å². The monoisotopic (exact) mass is 451 g/mol. The third-order valence-corrected chi connectivity index (χ3v) is 6.49. The molecule has 0 bridgehead atoms. The predicted molar refractivity (Wildman–Crippen MR) is 125 cm³/mol. The Bertz CT molecular complexity index is 1150. The van der Waals surface area contributed by atoms with Gasteiger partial charge < -0.3 is 15.9 Å². The Labute approximate surface area is 188 Å². The van der Waals surface area contributed by atoms with Crippen molar-refractivity contribution in [3.8, 4) is 16.5 Å². The summed E-state index contributed by atoms with van der Waals surface area (Å²) in [5.74, 6) is 7.24. The number of benzene rings is 2. The number of aromatic nitrogens is 3. The van der Waals surface area contributed by atoms with E-state index in [1.54, 1.807) is 0 Å². The molecule has 31 heavy (non-hydrogen) atoms. The zero-order valence-electron chi connectivity index (χ0n) is 16.8. The van der Waals surface area contributed by atoms with Gasteiger partial charge in [-0.25, -0.2) is 4.68 Å². The summed E-state index contributed by atoms with van der Waals surface area (Å²) in [6.45, 7) is 2.41. The van der Waals surface area contributed by atoms with Gasteiger partial charge in [0.2, 0.25) is 11.1 Å². The first-order chi connectivity index (χ1) is 15.2.